The number of carbonyl (C=O) groups excluding carboxylic acids is 2. The van der Waals surface area contributed by atoms with Gasteiger partial charge in [0.15, 0.2) is 5.13 Å². The standard InChI is InChI=1S/C23H25N3O2S2/c1-23(2,3)15-19(27)25-17-9-11-18(12-10-17)30-20(16-7-5-4-6-8-16)21(28)26-22-24-13-14-29-22/h4-14,20H,15H2,1-3H3,(H,25,27)(H,24,26,28). The molecule has 2 aromatic carbocycles. The number of benzene rings is 2. The van der Waals surface area contributed by atoms with Gasteiger partial charge in [0, 0.05) is 28.6 Å². The molecule has 0 aliphatic heterocycles. The lowest BCUT2D eigenvalue weighted by Gasteiger charge is -2.18. The molecule has 1 unspecified atom stereocenters. The van der Waals surface area contributed by atoms with Crippen LogP contribution in [0.5, 0.6) is 0 Å². The molecular formula is C23H25N3O2S2. The summed E-state index contributed by atoms with van der Waals surface area (Å²) in [4.78, 5) is 30.2. The number of hydrogen-bond acceptors (Lipinski definition) is 5. The van der Waals surface area contributed by atoms with Crippen LogP contribution in [0.1, 0.15) is 38.0 Å². The van der Waals surface area contributed by atoms with Crippen molar-refractivity contribution >= 4 is 45.7 Å². The van der Waals surface area contributed by atoms with E-state index in [0.29, 0.717) is 11.6 Å². The van der Waals surface area contributed by atoms with Crippen molar-refractivity contribution in [2.75, 3.05) is 10.6 Å². The molecule has 2 N–H and O–H groups in total. The fourth-order valence-corrected chi connectivity index (χ4v) is 4.35. The molecule has 0 fully saturated rings. The third kappa shape index (κ3) is 6.71. The summed E-state index contributed by atoms with van der Waals surface area (Å²) < 4.78 is 0. The Labute approximate surface area is 185 Å². The molecule has 0 saturated heterocycles. The summed E-state index contributed by atoms with van der Waals surface area (Å²) in [5.74, 6) is -0.128. The fraction of sp³-hybridized carbons (Fsp3) is 0.261. The fourth-order valence-electron chi connectivity index (χ4n) is 2.80. The lowest BCUT2D eigenvalue weighted by Crippen LogP contribution is -2.19. The lowest BCUT2D eigenvalue weighted by molar-refractivity contribution is -0.118. The summed E-state index contributed by atoms with van der Waals surface area (Å²) in [6.07, 6.45) is 2.12. The molecule has 0 aliphatic rings. The number of rotatable bonds is 7. The van der Waals surface area contributed by atoms with Crippen LogP contribution in [0.3, 0.4) is 0 Å². The Kier molecular flexibility index (Phi) is 7.29. The predicted octanol–water partition coefficient (Wildman–Crippen LogP) is 5.99. The summed E-state index contributed by atoms with van der Waals surface area (Å²) in [6, 6.07) is 17.2. The maximum absolute atomic E-state index is 12.9. The first-order chi connectivity index (χ1) is 14.3. The SMILES string of the molecule is CC(C)(C)CC(=O)Nc1ccc(SC(C(=O)Nc2nccs2)c2ccccc2)cc1. The minimum atomic E-state index is -0.420. The number of amides is 2. The van der Waals surface area contributed by atoms with E-state index in [4.69, 9.17) is 0 Å². The minimum absolute atomic E-state index is 0.00658. The summed E-state index contributed by atoms with van der Waals surface area (Å²) in [6.45, 7) is 6.10. The van der Waals surface area contributed by atoms with Crippen molar-refractivity contribution < 1.29 is 9.59 Å². The molecule has 7 heteroatoms. The number of thioether (sulfide) groups is 1. The van der Waals surface area contributed by atoms with Gasteiger partial charge in [0.25, 0.3) is 0 Å². The van der Waals surface area contributed by atoms with Crippen molar-refractivity contribution in [3.63, 3.8) is 0 Å². The summed E-state index contributed by atoms with van der Waals surface area (Å²) in [7, 11) is 0. The van der Waals surface area contributed by atoms with Gasteiger partial charge in [-0.15, -0.1) is 23.1 Å². The first kappa shape index (κ1) is 22.1. The van der Waals surface area contributed by atoms with Crippen LogP contribution in [0.25, 0.3) is 0 Å². The van der Waals surface area contributed by atoms with E-state index in [9.17, 15) is 9.59 Å². The maximum atomic E-state index is 12.9. The number of thiazole rings is 1. The van der Waals surface area contributed by atoms with Crippen LogP contribution >= 0.6 is 23.1 Å². The Morgan fingerprint density at radius 1 is 1.03 bits per heavy atom. The topological polar surface area (TPSA) is 71.1 Å². The smallest absolute Gasteiger partial charge is 0.244 e. The second kappa shape index (κ2) is 9.91. The van der Waals surface area contributed by atoms with Crippen molar-refractivity contribution in [1.29, 1.82) is 0 Å². The van der Waals surface area contributed by atoms with Gasteiger partial charge in [-0.3, -0.25) is 9.59 Å². The van der Waals surface area contributed by atoms with E-state index in [-0.39, 0.29) is 17.2 Å². The Hall–Kier alpha value is -2.64. The van der Waals surface area contributed by atoms with Gasteiger partial charge in [-0.05, 0) is 35.2 Å². The number of carbonyl (C=O) groups is 2. The Balaban J connectivity index is 1.71. The average molecular weight is 440 g/mol. The number of aromatic nitrogens is 1. The van der Waals surface area contributed by atoms with E-state index in [1.807, 2.05) is 80.7 Å². The van der Waals surface area contributed by atoms with E-state index in [2.05, 4.69) is 15.6 Å². The van der Waals surface area contributed by atoms with Crippen LogP contribution in [-0.4, -0.2) is 16.8 Å². The first-order valence-electron chi connectivity index (χ1n) is 9.62. The number of anilines is 2. The minimum Gasteiger partial charge on any atom is -0.326 e. The summed E-state index contributed by atoms with van der Waals surface area (Å²) >= 11 is 2.85. The molecular weight excluding hydrogens is 414 g/mol. The van der Waals surface area contributed by atoms with Crippen LogP contribution in [0.4, 0.5) is 10.8 Å². The highest BCUT2D eigenvalue weighted by molar-refractivity contribution is 8.00. The van der Waals surface area contributed by atoms with E-state index in [1.165, 1.54) is 23.1 Å². The Morgan fingerprint density at radius 3 is 2.33 bits per heavy atom. The maximum Gasteiger partial charge on any atom is 0.244 e. The largest absolute Gasteiger partial charge is 0.326 e. The quantitative estimate of drug-likeness (QED) is 0.444. The van der Waals surface area contributed by atoms with Gasteiger partial charge in [0.05, 0.1) is 0 Å². The monoisotopic (exact) mass is 439 g/mol. The van der Waals surface area contributed by atoms with E-state index < -0.39 is 5.25 Å². The van der Waals surface area contributed by atoms with Gasteiger partial charge in [-0.2, -0.15) is 0 Å². The van der Waals surface area contributed by atoms with E-state index in [1.54, 1.807) is 6.20 Å². The number of nitrogens with zero attached hydrogens (tertiary/aromatic N) is 1. The van der Waals surface area contributed by atoms with Gasteiger partial charge in [-0.1, -0.05) is 51.1 Å². The van der Waals surface area contributed by atoms with Gasteiger partial charge in [0.1, 0.15) is 5.25 Å². The Bertz CT molecular complexity index is 966. The normalized spacial score (nSPS) is 12.2. The van der Waals surface area contributed by atoms with Crippen LogP contribution < -0.4 is 10.6 Å². The Morgan fingerprint density at radius 2 is 1.73 bits per heavy atom. The van der Waals surface area contributed by atoms with Crippen LogP contribution in [0.15, 0.2) is 71.1 Å². The van der Waals surface area contributed by atoms with Crippen molar-refractivity contribution in [3.8, 4) is 0 Å². The van der Waals surface area contributed by atoms with Crippen molar-refractivity contribution in [2.45, 2.75) is 37.3 Å². The second-order valence-electron chi connectivity index (χ2n) is 8.05. The van der Waals surface area contributed by atoms with Gasteiger partial charge >= 0.3 is 0 Å². The molecule has 3 rings (SSSR count). The zero-order chi connectivity index (χ0) is 21.6. The van der Waals surface area contributed by atoms with Crippen LogP contribution in [0, 0.1) is 5.41 Å². The van der Waals surface area contributed by atoms with Gasteiger partial charge in [-0.25, -0.2) is 4.98 Å². The molecule has 156 valence electrons. The van der Waals surface area contributed by atoms with Crippen LogP contribution in [-0.2, 0) is 9.59 Å². The molecule has 3 aromatic rings. The second-order valence-corrected chi connectivity index (χ2v) is 10.1. The third-order valence-corrected chi connectivity index (χ3v) is 6.04. The van der Waals surface area contributed by atoms with Crippen molar-refractivity contribution in [1.82, 2.24) is 4.98 Å². The van der Waals surface area contributed by atoms with Crippen molar-refractivity contribution in [2.24, 2.45) is 5.41 Å². The first-order valence-corrected chi connectivity index (χ1v) is 11.4. The summed E-state index contributed by atoms with van der Waals surface area (Å²) in [5, 5.41) is 7.81. The van der Waals surface area contributed by atoms with Gasteiger partial charge < -0.3 is 10.6 Å². The molecule has 2 amide bonds. The zero-order valence-corrected chi connectivity index (χ0v) is 18.8. The van der Waals surface area contributed by atoms with Crippen molar-refractivity contribution in [3.05, 3.63) is 71.7 Å². The highest BCUT2D eigenvalue weighted by Crippen LogP contribution is 2.37. The molecule has 0 radical (unpaired) electrons. The summed E-state index contributed by atoms with van der Waals surface area (Å²) in [5.41, 5.74) is 1.60. The zero-order valence-electron chi connectivity index (χ0n) is 17.2. The molecule has 5 nitrogen and oxygen atoms in total. The van der Waals surface area contributed by atoms with E-state index >= 15 is 0 Å². The molecule has 1 aromatic heterocycles. The highest BCUT2D eigenvalue weighted by Gasteiger charge is 2.23. The highest BCUT2D eigenvalue weighted by atomic mass is 32.2. The number of nitrogens with one attached hydrogen (secondary N) is 2. The van der Waals surface area contributed by atoms with Crippen LogP contribution in [0.2, 0.25) is 0 Å². The molecule has 1 heterocycles. The molecule has 0 saturated carbocycles. The molecule has 30 heavy (non-hydrogen) atoms. The van der Waals surface area contributed by atoms with E-state index in [0.717, 1.165) is 16.1 Å². The lowest BCUT2D eigenvalue weighted by atomic mass is 9.92. The molecule has 0 spiro atoms. The molecule has 1 atom stereocenters. The molecule has 0 aliphatic carbocycles. The number of hydrogen-bond donors (Lipinski definition) is 2. The third-order valence-electron chi connectivity index (χ3n) is 4.09. The predicted molar refractivity (Wildman–Crippen MR) is 125 cm³/mol. The molecule has 0 bridgehead atoms. The van der Waals surface area contributed by atoms with Gasteiger partial charge in [0.2, 0.25) is 11.8 Å². The average Bonchev–Trinajstić information content (AvgIpc) is 3.19.